The van der Waals surface area contributed by atoms with Crippen LogP contribution in [-0.2, 0) is 0 Å². The molecule has 0 saturated carbocycles. The van der Waals surface area contributed by atoms with Crippen molar-refractivity contribution in [1.29, 1.82) is 5.53 Å². The number of aliphatic hydroxyl groups is 1. The fourth-order valence-corrected chi connectivity index (χ4v) is 1.38. The lowest BCUT2D eigenvalue weighted by Gasteiger charge is -2.12. The van der Waals surface area contributed by atoms with E-state index in [1.165, 1.54) is 6.20 Å². The molecule has 0 fully saturated rings. The Morgan fingerprint density at radius 2 is 2.53 bits per heavy atom. The summed E-state index contributed by atoms with van der Waals surface area (Å²) < 4.78 is 13.0. The van der Waals surface area contributed by atoms with Crippen LogP contribution >= 0.6 is 11.6 Å². The van der Waals surface area contributed by atoms with Crippen LogP contribution in [0, 0.1) is 11.3 Å². The Morgan fingerprint density at radius 3 is 3.12 bits per heavy atom. The van der Waals surface area contributed by atoms with Crippen LogP contribution in [0.3, 0.4) is 0 Å². The van der Waals surface area contributed by atoms with Gasteiger partial charge in [0.15, 0.2) is 0 Å². The number of nitrogens with zero attached hydrogens (tertiary/aromatic N) is 2. The molecule has 17 heavy (non-hydrogen) atoms. The van der Waals surface area contributed by atoms with Crippen LogP contribution in [0.25, 0.3) is 0 Å². The average Bonchev–Trinajstić information content (AvgIpc) is 2.33. The molecular weight excluding hydrogens is 247 g/mol. The summed E-state index contributed by atoms with van der Waals surface area (Å²) in [4.78, 5) is 3.58. The predicted molar refractivity (Wildman–Crippen MR) is 61.1 cm³/mol. The normalized spacial score (nSPS) is 13.3. The fraction of sp³-hybridized carbons (Fsp3) is 0.300. The lowest BCUT2D eigenvalue weighted by Crippen LogP contribution is -2.09. The van der Waals surface area contributed by atoms with Crippen molar-refractivity contribution in [1.82, 2.24) is 10.3 Å². The van der Waals surface area contributed by atoms with Crippen LogP contribution in [0.5, 0.6) is 0 Å². The third-order valence-electron chi connectivity index (χ3n) is 1.99. The Morgan fingerprint density at radius 1 is 1.82 bits per heavy atom. The van der Waals surface area contributed by atoms with Gasteiger partial charge in [-0.15, -0.1) is 0 Å². The number of nitrogens with one attached hydrogen (secondary N) is 2. The van der Waals surface area contributed by atoms with E-state index in [1.807, 2.05) is 6.92 Å². The van der Waals surface area contributed by atoms with Gasteiger partial charge < -0.3 is 10.4 Å². The number of hydrogen-bond acceptors (Lipinski definition) is 5. The molecule has 1 unspecified atom stereocenters. The van der Waals surface area contributed by atoms with Crippen molar-refractivity contribution < 1.29 is 9.50 Å². The molecule has 0 bridgehead atoms. The van der Waals surface area contributed by atoms with Gasteiger partial charge in [-0.25, -0.2) is 14.9 Å². The van der Waals surface area contributed by atoms with E-state index in [0.29, 0.717) is 6.54 Å². The Bertz CT molecular complexity index is 438. The molecule has 0 radical (unpaired) electrons. The van der Waals surface area contributed by atoms with E-state index in [9.17, 15) is 9.50 Å². The summed E-state index contributed by atoms with van der Waals surface area (Å²) >= 11 is 5.74. The van der Waals surface area contributed by atoms with Crippen molar-refractivity contribution in [3.63, 3.8) is 0 Å². The molecule has 0 aliphatic carbocycles. The number of rotatable bonds is 5. The topological polar surface area (TPSA) is 81.4 Å². The molecular formula is C10H12ClFN4O. The molecule has 0 amide bonds. The van der Waals surface area contributed by atoms with Gasteiger partial charge in [-0.05, 0) is 13.0 Å². The molecule has 1 aromatic rings. The summed E-state index contributed by atoms with van der Waals surface area (Å²) in [5.74, 6) is -0.615. The van der Waals surface area contributed by atoms with Crippen molar-refractivity contribution in [3.05, 3.63) is 40.7 Å². The maximum Gasteiger partial charge on any atom is 0.141 e. The predicted octanol–water partition coefficient (Wildman–Crippen LogP) is 2.39. The summed E-state index contributed by atoms with van der Waals surface area (Å²) in [6, 6.07) is 1.06. The monoisotopic (exact) mass is 258 g/mol. The fourth-order valence-electron chi connectivity index (χ4n) is 1.17. The molecule has 1 heterocycles. The minimum Gasteiger partial charge on any atom is -0.390 e. The van der Waals surface area contributed by atoms with Crippen LogP contribution in [-0.4, -0.2) is 16.6 Å². The average molecular weight is 259 g/mol. The summed E-state index contributed by atoms with van der Waals surface area (Å²) in [7, 11) is 0. The van der Waals surface area contributed by atoms with E-state index in [-0.39, 0.29) is 16.4 Å². The van der Waals surface area contributed by atoms with Crippen molar-refractivity contribution in [3.8, 4) is 0 Å². The Hall–Kier alpha value is -1.53. The molecule has 0 saturated heterocycles. The summed E-state index contributed by atoms with van der Waals surface area (Å²) in [6.45, 7) is 2.46. The van der Waals surface area contributed by atoms with Crippen LogP contribution < -0.4 is 5.32 Å². The molecule has 5 nitrogen and oxygen atoms in total. The second-order valence-electron chi connectivity index (χ2n) is 3.17. The van der Waals surface area contributed by atoms with Crippen LogP contribution in [0.4, 0.5) is 4.39 Å². The van der Waals surface area contributed by atoms with Gasteiger partial charge in [-0.1, -0.05) is 11.6 Å². The lowest BCUT2D eigenvalue weighted by atomic mass is 10.1. The maximum absolute atomic E-state index is 13.0. The van der Waals surface area contributed by atoms with Crippen molar-refractivity contribution in [2.75, 3.05) is 6.54 Å². The number of aromatic nitrogens is 1. The quantitative estimate of drug-likeness (QED) is 0.560. The van der Waals surface area contributed by atoms with E-state index < -0.39 is 11.9 Å². The molecule has 1 aromatic heterocycles. The molecule has 0 aliphatic rings. The first-order chi connectivity index (χ1) is 8.10. The van der Waals surface area contributed by atoms with E-state index >= 15 is 0 Å². The smallest absolute Gasteiger partial charge is 0.141 e. The Balaban J connectivity index is 3.05. The van der Waals surface area contributed by atoms with E-state index in [4.69, 9.17) is 17.1 Å². The van der Waals surface area contributed by atoms with E-state index in [2.05, 4.69) is 15.4 Å². The zero-order valence-corrected chi connectivity index (χ0v) is 9.87. The van der Waals surface area contributed by atoms with E-state index in [1.54, 1.807) is 0 Å². The SMILES string of the molecule is CCN/C=C(\N=N)C(O)c1cc(F)cnc1Cl. The van der Waals surface area contributed by atoms with Gasteiger partial charge in [0.05, 0.1) is 6.20 Å². The Labute approximate surface area is 103 Å². The van der Waals surface area contributed by atoms with Crippen molar-refractivity contribution in [2.45, 2.75) is 13.0 Å². The van der Waals surface area contributed by atoms with Gasteiger partial charge in [-0.2, -0.15) is 5.11 Å². The molecule has 0 aromatic carbocycles. The molecule has 92 valence electrons. The van der Waals surface area contributed by atoms with Crippen molar-refractivity contribution in [2.24, 2.45) is 5.11 Å². The number of halogens is 2. The Kier molecular flexibility index (Phi) is 4.99. The molecule has 0 aliphatic heterocycles. The molecule has 3 N–H and O–H groups in total. The standard InChI is InChI=1S/C10H12ClFN4O/c1-2-14-5-8(16-13)9(17)7-3-6(12)4-15-10(7)11/h3-5,9,13-14,17H,2H2,1H3/b8-5-,16-13?. The zero-order valence-electron chi connectivity index (χ0n) is 9.11. The highest BCUT2D eigenvalue weighted by atomic mass is 35.5. The van der Waals surface area contributed by atoms with Gasteiger partial charge in [-0.3, -0.25) is 0 Å². The highest BCUT2D eigenvalue weighted by Crippen LogP contribution is 2.27. The first kappa shape index (κ1) is 13.5. The zero-order chi connectivity index (χ0) is 12.8. The maximum atomic E-state index is 13.0. The van der Waals surface area contributed by atoms with E-state index in [0.717, 1.165) is 12.3 Å². The number of hydrogen-bond donors (Lipinski definition) is 3. The second-order valence-corrected chi connectivity index (χ2v) is 3.53. The molecule has 1 atom stereocenters. The lowest BCUT2D eigenvalue weighted by molar-refractivity contribution is 0.211. The highest BCUT2D eigenvalue weighted by Gasteiger charge is 2.18. The summed E-state index contributed by atoms with van der Waals surface area (Å²) in [5, 5.41) is 15.8. The summed E-state index contributed by atoms with van der Waals surface area (Å²) in [6.07, 6.45) is 1.03. The van der Waals surface area contributed by atoms with Crippen LogP contribution in [0.1, 0.15) is 18.6 Å². The number of pyridine rings is 1. The third-order valence-corrected chi connectivity index (χ3v) is 2.31. The van der Waals surface area contributed by atoms with Gasteiger partial charge in [0.25, 0.3) is 0 Å². The second kappa shape index (κ2) is 6.27. The number of aliphatic hydroxyl groups excluding tert-OH is 1. The third kappa shape index (κ3) is 3.47. The van der Waals surface area contributed by atoms with Crippen molar-refractivity contribution >= 4 is 11.6 Å². The molecule has 0 spiro atoms. The minimum absolute atomic E-state index is 0.0232. The largest absolute Gasteiger partial charge is 0.390 e. The van der Waals surface area contributed by atoms with Gasteiger partial charge in [0.2, 0.25) is 0 Å². The minimum atomic E-state index is -1.29. The first-order valence-electron chi connectivity index (χ1n) is 4.90. The van der Waals surface area contributed by atoms with Crippen LogP contribution in [0.15, 0.2) is 29.3 Å². The molecule has 1 rings (SSSR count). The highest BCUT2D eigenvalue weighted by molar-refractivity contribution is 6.30. The van der Waals surface area contributed by atoms with Gasteiger partial charge in [0.1, 0.15) is 22.8 Å². The van der Waals surface area contributed by atoms with Crippen LogP contribution in [0.2, 0.25) is 5.15 Å². The summed E-state index contributed by atoms with van der Waals surface area (Å²) in [5.41, 5.74) is 7.05. The first-order valence-corrected chi connectivity index (χ1v) is 5.27. The van der Waals surface area contributed by atoms with Gasteiger partial charge >= 0.3 is 0 Å². The van der Waals surface area contributed by atoms with Gasteiger partial charge in [0, 0.05) is 18.3 Å². The molecule has 7 heteroatoms.